The van der Waals surface area contributed by atoms with E-state index in [9.17, 15) is 26.7 Å². The topological polar surface area (TPSA) is 77.2 Å². The number of fused-ring (bicyclic) bond motifs is 1. The Morgan fingerprint density at radius 3 is 2.38 bits per heavy atom. The van der Waals surface area contributed by atoms with Crippen molar-refractivity contribution in [2.75, 3.05) is 6.54 Å². The van der Waals surface area contributed by atoms with Gasteiger partial charge in [-0.15, -0.1) is 0 Å². The molecule has 5 nitrogen and oxygen atoms in total. The van der Waals surface area contributed by atoms with Crippen molar-refractivity contribution >= 4 is 16.8 Å². The average molecular weight is 481 g/mol. The second-order valence-electron chi connectivity index (χ2n) is 8.40. The summed E-state index contributed by atoms with van der Waals surface area (Å²) in [5.74, 6) is -1.83. The number of nitrogens with two attached hydrogens (primary N) is 1. The van der Waals surface area contributed by atoms with Crippen LogP contribution in [0.2, 0.25) is 0 Å². The number of aromatic nitrogens is 1. The zero-order valence-electron chi connectivity index (χ0n) is 18.6. The zero-order valence-corrected chi connectivity index (χ0v) is 18.6. The first-order valence-electron chi connectivity index (χ1n) is 10.5. The van der Waals surface area contributed by atoms with Crippen molar-refractivity contribution in [1.29, 1.82) is 0 Å². The summed E-state index contributed by atoms with van der Waals surface area (Å²) in [5.41, 5.74) is 5.41. The van der Waals surface area contributed by atoms with Gasteiger partial charge in [0.1, 0.15) is 29.5 Å². The summed E-state index contributed by atoms with van der Waals surface area (Å²) in [6, 6.07) is 9.80. The van der Waals surface area contributed by atoms with E-state index in [4.69, 9.17) is 10.5 Å². The van der Waals surface area contributed by atoms with Crippen LogP contribution in [0.3, 0.4) is 0 Å². The standard InChI is InChI=1S/C24H24F5N3O2/c1-14-11-16(22(33)31-13-23(2,30)9-10-24(27,28)29)15-5-3-8-20(21(15)32-14)34-12-17-18(25)6-4-7-19(17)26/h3-8,11H,9-10,12-13,30H2,1-2H3,(H,31,33). The number of nitrogens with zero attached hydrogens (tertiary/aromatic N) is 1. The van der Waals surface area contributed by atoms with Crippen LogP contribution in [-0.2, 0) is 6.61 Å². The third kappa shape index (κ3) is 6.40. The first kappa shape index (κ1) is 25.4. The molecule has 1 atom stereocenters. The van der Waals surface area contributed by atoms with Gasteiger partial charge in [-0.1, -0.05) is 18.2 Å². The molecule has 0 spiro atoms. The van der Waals surface area contributed by atoms with Gasteiger partial charge in [0.15, 0.2) is 0 Å². The van der Waals surface area contributed by atoms with Crippen LogP contribution >= 0.6 is 0 Å². The molecule has 10 heteroatoms. The van der Waals surface area contributed by atoms with E-state index in [0.717, 1.165) is 12.1 Å². The third-order valence-electron chi connectivity index (χ3n) is 5.24. The summed E-state index contributed by atoms with van der Waals surface area (Å²) in [7, 11) is 0. The predicted octanol–water partition coefficient (Wildman–Crippen LogP) is 5.19. The molecular formula is C24H24F5N3O2. The molecule has 0 saturated heterocycles. The van der Waals surface area contributed by atoms with Crippen LogP contribution in [-0.4, -0.2) is 29.2 Å². The molecule has 0 radical (unpaired) electrons. The van der Waals surface area contributed by atoms with Gasteiger partial charge < -0.3 is 15.8 Å². The zero-order chi connectivity index (χ0) is 25.1. The fourth-order valence-electron chi connectivity index (χ4n) is 3.37. The minimum Gasteiger partial charge on any atom is -0.486 e. The summed E-state index contributed by atoms with van der Waals surface area (Å²) < 4.78 is 71.1. The summed E-state index contributed by atoms with van der Waals surface area (Å²) in [5, 5.41) is 2.99. The van der Waals surface area contributed by atoms with Gasteiger partial charge in [-0.2, -0.15) is 13.2 Å². The molecule has 3 N–H and O–H groups in total. The van der Waals surface area contributed by atoms with Gasteiger partial charge in [-0.25, -0.2) is 13.8 Å². The van der Waals surface area contributed by atoms with Gasteiger partial charge in [-0.3, -0.25) is 4.79 Å². The van der Waals surface area contributed by atoms with Crippen LogP contribution in [0.4, 0.5) is 22.0 Å². The molecule has 0 saturated carbocycles. The van der Waals surface area contributed by atoms with Gasteiger partial charge in [0.2, 0.25) is 0 Å². The fraction of sp³-hybridized carbons (Fsp3) is 0.333. The van der Waals surface area contributed by atoms with Crippen LogP contribution in [0.5, 0.6) is 5.75 Å². The number of benzene rings is 2. The van der Waals surface area contributed by atoms with Crippen molar-refractivity contribution in [2.24, 2.45) is 5.73 Å². The van der Waals surface area contributed by atoms with Gasteiger partial charge in [-0.05, 0) is 44.5 Å². The highest BCUT2D eigenvalue weighted by Crippen LogP contribution is 2.29. The van der Waals surface area contributed by atoms with Crippen molar-refractivity contribution in [2.45, 2.75) is 45.0 Å². The second-order valence-corrected chi connectivity index (χ2v) is 8.40. The highest BCUT2D eigenvalue weighted by Gasteiger charge is 2.31. The molecule has 182 valence electrons. The number of aryl methyl sites for hydroxylation is 1. The van der Waals surface area contributed by atoms with Crippen LogP contribution in [0.25, 0.3) is 10.9 Å². The average Bonchev–Trinajstić information content (AvgIpc) is 2.75. The molecule has 2 aromatic carbocycles. The molecule has 0 aliphatic carbocycles. The molecule has 34 heavy (non-hydrogen) atoms. The smallest absolute Gasteiger partial charge is 0.389 e. The third-order valence-corrected chi connectivity index (χ3v) is 5.24. The Morgan fingerprint density at radius 2 is 1.74 bits per heavy atom. The lowest BCUT2D eigenvalue weighted by molar-refractivity contribution is -0.137. The number of alkyl halides is 3. The molecular weight excluding hydrogens is 457 g/mol. The highest BCUT2D eigenvalue weighted by molar-refractivity contribution is 6.07. The normalized spacial score (nSPS) is 13.5. The molecule has 0 aliphatic rings. The van der Waals surface area contributed by atoms with Crippen molar-refractivity contribution in [3.05, 3.63) is 70.9 Å². The number of hydrogen-bond donors (Lipinski definition) is 2. The van der Waals surface area contributed by atoms with Crippen LogP contribution in [0, 0.1) is 18.6 Å². The second kappa shape index (κ2) is 9.92. The number of hydrogen-bond acceptors (Lipinski definition) is 4. The largest absolute Gasteiger partial charge is 0.486 e. The Morgan fingerprint density at radius 1 is 1.09 bits per heavy atom. The molecule has 1 heterocycles. The van der Waals surface area contributed by atoms with Gasteiger partial charge in [0.25, 0.3) is 5.91 Å². The van der Waals surface area contributed by atoms with E-state index in [1.807, 2.05) is 0 Å². The predicted molar refractivity (Wildman–Crippen MR) is 117 cm³/mol. The fourth-order valence-corrected chi connectivity index (χ4v) is 3.37. The Hall–Kier alpha value is -3.27. The summed E-state index contributed by atoms with van der Waals surface area (Å²) in [6.45, 7) is 2.52. The number of carbonyl (C=O) groups is 1. The number of halogens is 5. The molecule has 1 amide bonds. The molecule has 1 aromatic heterocycles. The number of nitrogens with one attached hydrogen (secondary N) is 1. The van der Waals surface area contributed by atoms with Crippen molar-refractivity contribution in [3.63, 3.8) is 0 Å². The highest BCUT2D eigenvalue weighted by atomic mass is 19.4. The minimum atomic E-state index is -4.34. The van der Waals surface area contributed by atoms with Crippen LogP contribution < -0.4 is 15.8 Å². The quantitative estimate of drug-likeness (QED) is 0.434. The number of ether oxygens (including phenoxy) is 1. The SMILES string of the molecule is Cc1cc(C(=O)NCC(C)(N)CCC(F)(F)F)c2cccc(OCc3c(F)cccc3F)c2n1. The van der Waals surface area contributed by atoms with E-state index in [1.165, 1.54) is 19.1 Å². The van der Waals surface area contributed by atoms with Crippen molar-refractivity contribution in [1.82, 2.24) is 10.3 Å². The molecule has 0 bridgehead atoms. The lowest BCUT2D eigenvalue weighted by Gasteiger charge is -2.25. The maximum atomic E-state index is 13.9. The Bertz CT molecular complexity index is 1170. The Labute approximate surface area is 193 Å². The lowest BCUT2D eigenvalue weighted by atomic mass is 9.96. The van der Waals surface area contributed by atoms with Crippen molar-refractivity contribution in [3.8, 4) is 5.75 Å². The molecule has 1 unspecified atom stereocenters. The number of carbonyl (C=O) groups excluding carboxylic acids is 1. The van der Waals surface area contributed by atoms with Crippen LogP contribution in [0.1, 0.15) is 41.4 Å². The van der Waals surface area contributed by atoms with Crippen molar-refractivity contribution < 1.29 is 31.5 Å². The Balaban J connectivity index is 1.82. The molecule has 0 fully saturated rings. The van der Waals surface area contributed by atoms with E-state index < -0.39 is 35.7 Å². The molecule has 3 aromatic rings. The number of pyridine rings is 1. The van der Waals surface area contributed by atoms with Crippen LogP contribution in [0.15, 0.2) is 42.5 Å². The van der Waals surface area contributed by atoms with E-state index in [-0.39, 0.29) is 36.4 Å². The van der Waals surface area contributed by atoms with E-state index >= 15 is 0 Å². The Kier molecular flexibility index (Phi) is 7.40. The van der Waals surface area contributed by atoms with Gasteiger partial charge in [0.05, 0.1) is 11.1 Å². The minimum absolute atomic E-state index is 0.173. The van der Waals surface area contributed by atoms with E-state index in [2.05, 4.69) is 10.3 Å². The summed E-state index contributed by atoms with van der Waals surface area (Å²) >= 11 is 0. The maximum absolute atomic E-state index is 13.9. The monoisotopic (exact) mass is 481 g/mol. The number of amides is 1. The number of rotatable bonds is 8. The maximum Gasteiger partial charge on any atom is 0.389 e. The van der Waals surface area contributed by atoms with E-state index in [1.54, 1.807) is 25.1 Å². The van der Waals surface area contributed by atoms with Gasteiger partial charge in [0, 0.05) is 29.6 Å². The van der Waals surface area contributed by atoms with E-state index in [0.29, 0.717) is 16.6 Å². The summed E-state index contributed by atoms with van der Waals surface area (Å²) in [6.07, 6.45) is -5.75. The van der Waals surface area contributed by atoms with Gasteiger partial charge >= 0.3 is 6.18 Å². The summed E-state index contributed by atoms with van der Waals surface area (Å²) in [4.78, 5) is 17.3. The first-order valence-corrected chi connectivity index (χ1v) is 10.5. The lowest BCUT2D eigenvalue weighted by Crippen LogP contribution is -2.48. The number of para-hydroxylation sites is 1. The molecule has 3 rings (SSSR count). The first-order chi connectivity index (χ1) is 15.9. The molecule has 0 aliphatic heterocycles.